The quantitative estimate of drug-likeness (QED) is 0.689. The normalized spacial score (nSPS) is 16.8. The van der Waals surface area contributed by atoms with Gasteiger partial charge in [-0.3, -0.25) is 4.79 Å². The number of primary amides is 1. The molecule has 0 aliphatic heterocycles. The van der Waals surface area contributed by atoms with Gasteiger partial charge in [-0.15, -0.1) is 0 Å². The van der Waals surface area contributed by atoms with Crippen molar-refractivity contribution in [3.8, 4) is 0 Å². The smallest absolute Gasteiger partial charge is 0.248 e. The van der Waals surface area contributed by atoms with Gasteiger partial charge in [0.15, 0.2) is 0 Å². The number of anilines is 1. The summed E-state index contributed by atoms with van der Waals surface area (Å²) < 4.78 is 0. The lowest BCUT2D eigenvalue weighted by Crippen LogP contribution is -2.31. The molecule has 1 fully saturated rings. The van der Waals surface area contributed by atoms with Crippen LogP contribution in [0, 0.1) is 5.92 Å². The highest BCUT2D eigenvalue weighted by atomic mass is 16.1. The fourth-order valence-electron chi connectivity index (χ4n) is 1.68. The van der Waals surface area contributed by atoms with Gasteiger partial charge in [0.25, 0.3) is 0 Å². The van der Waals surface area contributed by atoms with Gasteiger partial charge in [-0.05, 0) is 43.0 Å². The minimum Gasteiger partial charge on any atom is -0.383 e. The van der Waals surface area contributed by atoms with Gasteiger partial charge in [0.2, 0.25) is 5.91 Å². The van der Waals surface area contributed by atoms with E-state index in [1.807, 2.05) is 12.1 Å². The molecule has 0 heterocycles. The minimum atomic E-state index is -0.402. The molecule has 0 aromatic heterocycles. The lowest BCUT2D eigenvalue weighted by molar-refractivity contribution is 0.100. The molecule has 0 bridgehead atoms. The molecule has 1 amide bonds. The fourth-order valence-corrected chi connectivity index (χ4v) is 1.68. The molecule has 1 aliphatic carbocycles. The van der Waals surface area contributed by atoms with Crippen molar-refractivity contribution < 1.29 is 4.79 Å². The van der Waals surface area contributed by atoms with E-state index in [0.29, 0.717) is 11.5 Å². The van der Waals surface area contributed by atoms with Gasteiger partial charge in [0.1, 0.15) is 0 Å². The Labute approximate surface area is 95.0 Å². The highest BCUT2D eigenvalue weighted by molar-refractivity contribution is 5.93. The van der Waals surface area contributed by atoms with E-state index in [4.69, 9.17) is 11.5 Å². The van der Waals surface area contributed by atoms with Crippen LogP contribution in [0.5, 0.6) is 0 Å². The molecule has 1 saturated carbocycles. The van der Waals surface area contributed by atoms with Gasteiger partial charge < -0.3 is 16.8 Å². The molecule has 1 unspecified atom stereocenters. The molecule has 1 aromatic carbocycles. The van der Waals surface area contributed by atoms with Gasteiger partial charge in [-0.25, -0.2) is 0 Å². The van der Waals surface area contributed by atoms with E-state index in [-0.39, 0.29) is 6.04 Å². The predicted octanol–water partition coefficient (Wildman–Crippen LogP) is 0.935. The SMILES string of the molecule is NC(=O)c1ccc(NCC(N)C2CC2)cc1. The van der Waals surface area contributed by atoms with Crippen LogP contribution in [0.25, 0.3) is 0 Å². The third kappa shape index (κ3) is 2.73. The molecule has 0 spiro atoms. The molecule has 1 aromatic rings. The minimum absolute atomic E-state index is 0.232. The fraction of sp³-hybridized carbons (Fsp3) is 0.417. The number of amides is 1. The van der Waals surface area contributed by atoms with Gasteiger partial charge in [0.05, 0.1) is 0 Å². The van der Waals surface area contributed by atoms with Crippen molar-refractivity contribution >= 4 is 11.6 Å². The van der Waals surface area contributed by atoms with Crippen molar-refractivity contribution in [3.63, 3.8) is 0 Å². The van der Waals surface area contributed by atoms with E-state index in [2.05, 4.69) is 5.32 Å². The average molecular weight is 219 g/mol. The summed E-state index contributed by atoms with van der Waals surface area (Å²) in [5, 5.41) is 3.25. The van der Waals surface area contributed by atoms with Gasteiger partial charge in [-0.2, -0.15) is 0 Å². The van der Waals surface area contributed by atoms with Crippen molar-refractivity contribution in [2.24, 2.45) is 17.4 Å². The van der Waals surface area contributed by atoms with Gasteiger partial charge in [-0.1, -0.05) is 0 Å². The molecule has 2 rings (SSSR count). The molecule has 86 valence electrons. The first-order valence-electron chi connectivity index (χ1n) is 5.56. The van der Waals surface area contributed by atoms with E-state index in [0.717, 1.165) is 12.2 Å². The zero-order valence-corrected chi connectivity index (χ0v) is 9.15. The van der Waals surface area contributed by atoms with Crippen molar-refractivity contribution in [3.05, 3.63) is 29.8 Å². The number of nitrogens with one attached hydrogen (secondary N) is 1. The standard InChI is InChI=1S/C12H17N3O/c13-11(8-1-2-8)7-15-10-5-3-9(4-6-10)12(14)16/h3-6,8,11,15H,1-2,7,13H2,(H2,14,16). The molecule has 4 heteroatoms. The Hall–Kier alpha value is -1.55. The number of hydrogen-bond donors (Lipinski definition) is 3. The zero-order chi connectivity index (χ0) is 11.5. The van der Waals surface area contributed by atoms with Gasteiger partial charge >= 0.3 is 0 Å². The van der Waals surface area contributed by atoms with Crippen LogP contribution in [0.15, 0.2) is 24.3 Å². The summed E-state index contributed by atoms with van der Waals surface area (Å²) in [6.45, 7) is 0.778. The molecular formula is C12H17N3O. The highest BCUT2D eigenvalue weighted by Crippen LogP contribution is 2.31. The van der Waals surface area contributed by atoms with E-state index in [9.17, 15) is 4.79 Å². The Balaban J connectivity index is 1.86. The van der Waals surface area contributed by atoms with Crippen LogP contribution in [0.1, 0.15) is 23.2 Å². The lowest BCUT2D eigenvalue weighted by Gasteiger charge is -2.12. The van der Waals surface area contributed by atoms with Gasteiger partial charge in [0, 0.05) is 23.8 Å². The van der Waals surface area contributed by atoms with Crippen molar-refractivity contribution in [1.82, 2.24) is 0 Å². The Kier molecular flexibility index (Phi) is 3.10. The second-order valence-corrected chi connectivity index (χ2v) is 4.32. The molecule has 1 aliphatic rings. The summed E-state index contributed by atoms with van der Waals surface area (Å²) in [5.41, 5.74) is 12.6. The number of nitrogens with two attached hydrogens (primary N) is 2. The molecule has 16 heavy (non-hydrogen) atoms. The first-order chi connectivity index (χ1) is 7.66. The van der Waals surface area contributed by atoms with Crippen LogP contribution in [0.4, 0.5) is 5.69 Å². The Bertz CT molecular complexity index is 370. The Morgan fingerprint density at radius 3 is 2.50 bits per heavy atom. The second kappa shape index (κ2) is 4.53. The van der Waals surface area contributed by atoms with Crippen molar-refractivity contribution in [2.45, 2.75) is 18.9 Å². The molecule has 1 atom stereocenters. The number of carbonyl (C=O) groups is 1. The third-order valence-corrected chi connectivity index (χ3v) is 2.94. The molecule has 4 nitrogen and oxygen atoms in total. The maximum absolute atomic E-state index is 10.9. The van der Waals surface area contributed by atoms with Crippen LogP contribution in [-0.4, -0.2) is 18.5 Å². The van der Waals surface area contributed by atoms with E-state index >= 15 is 0 Å². The van der Waals surface area contributed by atoms with Crippen molar-refractivity contribution in [1.29, 1.82) is 0 Å². The van der Waals surface area contributed by atoms with E-state index < -0.39 is 5.91 Å². The van der Waals surface area contributed by atoms with Crippen LogP contribution >= 0.6 is 0 Å². The van der Waals surface area contributed by atoms with Crippen LogP contribution in [0.2, 0.25) is 0 Å². The topological polar surface area (TPSA) is 81.1 Å². The molecule has 5 N–H and O–H groups in total. The first-order valence-corrected chi connectivity index (χ1v) is 5.56. The third-order valence-electron chi connectivity index (χ3n) is 2.94. The molecule has 0 radical (unpaired) electrons. The predicted molar refractivity (Wildman–Crippen MR) is 64.1 cm³/mol. The maximum Gasteiger partial charge on any atom is 0.248 e. The molecule has 0 saturated heterocycles. The summed E-state index contributed by atoms with van der Waals surface area (Å²) in [5.74, 6) is 0.290. The van der Waals surface area contributed by atoms with E-state index in [1.165, 1.54) is 12.8 Å². The largest absolute Gasteiger partial charge is 0.383 e. The summed E-state index contributed by atoms with van der Waals surface area (Å²) in [4.78, 5) is 10.9. The first kappa shape index (κ1) is 11.0. The van der Waals surface area contributed by atoms with Crippen molar-refractivity contribution in [2.75, 3.05) is 11.9 Å². The maximum atomic E-state index is 10.9. The van der Waals surface area contributed by atoms with Crippen LogP contribution < -0.4 is 16.8 Å². The van der Waals surface area contributed by atoms with Crippen LogP contribution in [0.3, 0.4) is 0 Å². The summed E-state index contributed by atoms with van der Waals surface area (Å²) in [6.07, 6.45) is 2.51. The summed E-state index contributed by atoms with van der Waals surface area (Å²) >= 11 is 0. The summed E-state index contributed by atoms with van der Waals surface area (Å²) in [6, 6.07) is 7.36. The number of hydrogen-bond acceptors (Lipinski definition) is 3. The Morgan fingerprint density at radius 2 is 2.00 bits per heavy atom. The monoisotopic (exact) mass is 219 g/mol. The second-order valence-electron chi connectivity index (χ2n) is 4.32. The van der Waals surface area contributed by atoms with E-state index in [1.54, 1.807) is 12.1 Å². The zero-order valence-electron chi connectivity index (χ0n) is 9.15. The number of rotatable bonds is 5. The highest BCUT2D eigenvalue weighted by Gasteiger charge is 2.27. The molecular weight excluding hydrogens is 202 g/mol. The Morgan fingerprint density at radius 1 is 1.38 bits per heavy atom. The van der Waals surface area contributed by atoms with Crippen LogP contribution in [-0.2, 0) is 0 Å². The summed E-state index contributed by atoms with van der Waals surface area (Å²) in [7, 11) is 0. The lowest BCUT2D eigenvalue weighted by atomic mass is 10.1. The number of benzene rings is 1. The number of carbonyl (C=O) groups excluding carboxylic acids is 1. The average Bonchev–Trinajstić information content (AvgIpc) is 3.10.